The largest absolute Gasteiger partial charge is 0.472 e. The Morgan fingerprint density at radius 2 is 0.509 bits per heavy atom. The molecule has 0 rings (SSSR count). The number of phosphoric acid groups is 2. The smallest absolute Gasteiger partial charge is 0.462 e. The van der Waals surface area contributed by atoms with Crippen molar-refractivity contribution in [2.24, 2.45) is 0 Å². The Labute approximate surface area is 643 Å². The molecule has 0 saturated heterocycles. The maximum Gasteiger partial charge on any atom is 0.472 e. The summed E-state index contributed by atoms with van der Waals surface area (Å²) in [5.41, 5.74) is 0. The van der Waals surface area contributed by atoms with Gasteiger partial charge in [-0.2, -0.15) is 0 Å². The normalized spacial score (nSPS) is 14.6. The van der Waals surface area contributed by atoms with Gasteiger partial charge in [0.15, 0.2) is 12.2 Å². The van der Waals surface area contributed by atoms with Crippen LogP contribution in [0.2, 0.25) is 0 Å². The first-order valence-corrected chi connectivity index (χ1v) is 44.1. The van der Waals surface area contributed by atoms with Crippen molar-refractivity contribution in [2.75, 3.05) is 39.6 Å². The average Bonchev–Trinajstić information content (AvgIpc) is 0.903. The average molecular weight is 1530 g/mol. The zero-order chi connectivity index (χ0) is 77.4. The van der Waals surface area contributed by atoms with Crippen molar-refractivity contribution < 1.29 is 80.2 Å². The monoisotopic (exact) mass is 1530 g/mol. The molecule has 0 fully saturated rings. The predicted molar refractivity (Wildman–Crippen MR) is 436 cm³/mol. The number of hydrogen-bond acceptors (Lipinski definition) is 15. The van der Waals surface area contributed by atoms with Crippen molar-refractivity contribution in [3.8, 4) is 0 Å². The number of unbranched alkanes of at least 4 members (excludes halogenated alkanes) is 26. The number of carbonyl (C=O) groups is 4. The molecule has 0 aliphatic carbocycles. The van der Waals surface area contributed by atoms with Gasteiger partial charge in [-0.25, -0.2) is 9.13 Å². The fourth-order valence-corrected chi connectivity index (χ4v) is 12.1. The number of hydrogen-bond donors (Lipinski definition) is 3. The molecule has 0 aliphatic heterocycles. The van der Waals surface area contributed by atoms with Crippen molar-refractivity contribution in [1.82, 2.24) is 0 Å². The van der Waals surface area contributed by atoms with Crippen LogP contribution in [0, 0.1) is 0 Å². The van der Waals surface area contributed by atoms with Crippen molar-refractivity contribution in [1.29, 1.82) is 0 Å². The summed E-state index contributed by atoms with van der Waals surface area (Å²) in [4.78, 5) is 73.1. The molecule has 0 radical (unpaired) electrons. The Morgan fingerprint density at radius 1 is 0.274 bits per heavy atom. The molecular weight excluding hydrogens is 1380 g/mol. The maximum atomic E-state index is 13.1. The standard InChI is InChI=1S/C87H146O17P2/c1-5-9-13-17-21-25-29-33-36-38-40-42-45-49-52-56-60-64-68-72-85(90)98-78-83(104-87(92)74-70-66-62-58-54-50-46-43-41-39-37-34-30-26-22-18-14-10-6-2)80-102-106(95,96)100-76-81(88)75-99-105(93,94)101-79-82(103-86(91)73-69-65-61-57-53-47-32-28-24-20-16-12-8-4)77-97-84(89)71-67-63-59-55-51-48-44-35-31-27-23-19-15-11-7-3/h9-10,13-14,16,20-23,25-28,32-37,40-44,81-83,88H,5-8,11-12,15,17-19,24,29-31,38-39,45-80H2,1-4H3,(H,93,94)(H,95,96)/b13-9-,14-10-,20-16-,25-21-,26-22-,27-23-,32-28-,36-33-,37-34-,42-40-,43-41-,44-35-. The molecule has 0 saturated carbocycles. The molecule has 5 unspecified atom stereocenters. The van der Waals surface area contributed by atoms with Gasteiger partial charge < -0.3 is 33.8 Å². The third-order valence-electron chi connectivity index (χ3n) is 16.7. The fraction of sp³-hybridized carbons (Fsp3) is 0.678. The Kier molecular flexibility index (Phi) is 74.3. The van der Waals surface area contributed by atoms with E-state index in [0.717, 1.165) is 225 Å². The van der Waals surface area contributed by atoms with E-state index in [2.05, 4.69) is 174 Å². The Bertz CT molecular complexity index is 2580. The molecule has 0 amide bonds. The molecular formula is C87H146O17P2. The maximum absolute atomic E-state index is 13.1. The Morgan fingerprint density at radius 3 is 0.792 bits per heavy atom. The molecule has 0 heterocycles. The van der Waals surface area contributed by atoms with Crippen LogP contribution in [0.4, 0.5) is 0 Å². The van der Waals surface area contributed by atoms with E-state index in [1.165, 1.54) is 19.3 Å². The van der Waals surface area contributed by atoms with Gasteiger partial charge in [-0.3, -0.25) is 37.3 Å². The number of aliphatic hydroxyl groups excluding tert-OH is 1. The lowest BCUT2D eigenvalue weighted by Crippen LogP contribution is -2.30. The number of esters is 4. The van der Waals surface area contributed by atoms with Crippen LogP contribution in [0.5, 0.6) is 0 Å². The first kappa shape index (κ1) is 101. The summed E-state index contributed by atoms with van der Waals surface area (Å²) in [5.74, 6) is -2.24. The minimum absolute atomic E-state index is 0.0706. The first-order valence-electron chi connectivity index (χ1n) is 41.1. The van der Waals surface area contributed by atoms with Crippen molar-refractivity contribution in [3.63, 3.8) is 0 Å². The lowest BCUT2D eigenvalue weighted by molar-refractivity contribution is -0.161. The van der Waals surface area contributed by atoms with E-state index in [-0.39, 0.29) is 25.7 Å². The molecule has 17 nitrogen and oxygen atoms in total. The molecule has 0 bridgehead atoms. The molecule has 5 atom stereocenters. The van der Waals surface area contributed by atoms with Crippen LogP contribution in [-0.2, 0) is 65.4 Å². The molecule has 19 heteroatoms. The van der Waals surface area contributed by atoms with Gasteiger partial charge in [0.25, 0.3) is 0 Å². The van der Waals surface area contributed by atoms with E-state index < -0.39 is 97.5 Å². The number of carbonyl (C=O) groups excluding carboxylic acids is 4. The van der Waals surface area contributed by atoms with Gasteiger partial charge in [-0.05, 0) is 161 Å². The number of phosphoric ester groups is 2. The molecule has 3 N–H and O–H groups in total. The number of aliphatic hydroxyl groups is 1. The van der Waals surface area contributed by atoms with Gasteiger partial charge in [-0.15, -0.1) is 0 Å². The highest BCUT2D eigenvalue weighted by Crippen LogP contribution is 2.45. The van der Waals surface area contributed by atoms with Crippen LogP contribution in [0.3, 0.4) is 0 Å². The van der Waals surface area contributed by atoms with Crippen LogP contribution < -0.4 is 0 Å². The van der Waals surface area contributed by atoms with Gasteiger partial charge in [0.1, 0.15) is 19.3 Å². The molecule has 106 heavy (non-hydrogen) atoms. The third kappa shape index (κ3) is 77.1. The molecule has 0 aromatic carbocycles. The number of ether oxygens (including phenoxy) is 4. The molecule has 0 aromatic rings. The first-order chi connectivity index (χ1) is 51.7. The van der Waals surface area contributed by atoms with E-state index in [9.17, 15) is 43.2 Å². The second-order valence-corrected chi connectivity index (χ2v) is 29.8. The van der Waals surface area contributed by atoms with Crippen molar-refractivity contribution >= 4 is 39.5 Å². The van der Waals surface area contributed by atoms with Crippen LogP contribution in [0.1, 0.15) is 323 Å². The molecule has 0 aliphatic rings. The van der Waals surface area contributed by atoms with E-state index in [1.54, 1.807) is 0 Å². The van der Waals surface area contributed by atoms with Crippen LogP contribution in [0.15, 0.2) is 146 Å². The second kappa shape index (κ2) is 78.1. The van der Waals surface area contributed by atoms with E-state index in [0.29, 0.717) is 25.7 Å². The highest BCUT2D eigenvalue weighted by Gasteiger charge is 2.30. The number of allylic oxidation sites excluding steroid dienone is 24. The third-order valence-corrected chi connectivity index (χ3v) is 18.7. The van der Waals surface area contributed by atoms with Gasteiger partial charge >= 0.3 is 39.5 Å². The molecule has 606 valence electrons. The summed E-state index contributed by atoms with van der Waals surface area (Å²) < 4.78 is 68.7. The highest BCUT2D eigenvalue weighted by molar-refractivity contribution is 7.47. The van der Waals surface area contributed by atoms with Gasteiger partial charge in [0.05, 0.1) is 26.4 Å². The van der Waals surface area contributed by atoms with Crippen LogP contribution >= 0.6 is 15.6 Å². The molecule has 0 aromatic heterocycles. The topological polar surface area (TPSA) is 237 Å². The Balaban J connectivity index is 5.41. The summed E-state index contributed by atoms with van der Waals surface area (Å²) in [5, 5.41) is 10.7. The zero-order valence-corrected chi connectivity index (χ0v) is 68.1. The quantitative estimate of drug-likeness (QED) is 0.0169. The van der Waals surface area contributed by atoms with E-state index in [1.807, 2.05) is 0 Å². The fourth-order valence-electron chi connectivity index (χ4n) is 10.6. The summed E-state index contributed by atoms with van der Waals surface area (Å²) in [6, 6.07) is 0. The summed E-state index contributed by atoms with van der Waals surface area (Å²) in [6.07, 6.45) is 89.5. The minimum Gasteiger partial charge on any atom is -0.462 e. The van der Waals surface area contributed by atoms with E-state index in [4.69, 9.17) is 37.0 Å². The SMILES string of the molecule is CC/C=C\C/C=C\C/C=C\C/C=C\CCCCCCCCC(=O)OCC(COP(=O)(O)OCC(O)COP(=O)(O)OCC(COC(=O)CCCCCCC/C=C\C/C=C\CCCCC)OC(=O)CCCCCCC/C=C\C/C=C\CCC)OC(=O)CCCCCCCC/C=C\C/C=C\C/C=C\C/C=C\CC. The summed E-state index contributed by atoms with van der Waals surface area (Å²) in [7, 11) is -9.98. The van der Waals surface area contributed by atoms with Gasteiger partial charge in [0.2, 0.25) is 0 Å². The van der Waals surface area contributed by atoms with Gasteiger partial charge in [-0.1, -0.05) is 283 Å². The zero-order valence-electron chi connectivity index (χ0n) is 66.3. The lowest BCUT2D eigenvalue weighted by atomic mass is 10.1. The summed E-state index contributed by atoms with van der Waals surface area (Å²) >= 11 is 0. The lowest BCUT2D eigenvalue weighted by Gasteiger charge is -2.21. The van der Waals surface area contributed by atoms with E-state index >= 15 is 0 Å². The molecule has 0 spiro atoms. The van der Waals surface area contributed by atoms with Crippen molar-refractivity contribution in [3.05, 3.63) is 146 Å². The minimum atomic E-state index is -4.99. The predicted octanol–water partition coefficient (Wildman–Crippen LogP) is 24.2. The number of rotatable bonds is 76. The van der Waals surface area contributed by atoms with Crippen LogP contribution in [-0.4, -0.2) is 96.7 Å². The van der Waals surface area contributed by atoms with Gasteiger partial charge in [0, 0.05) is 25.7 Å². The summed E-state index contributed by atoms with van der Waals surface area (Å²) in [6.45, 7) is 4.51. The Hall–Kier alpha value is -5.06. The highest BCUT2D eigenvalue weighted by atomic mass is 31.2. The second-order valence-electron chi connectivity index (χ2n) is 26.9. The van der Waals surface area contributed by atoms with Crippen LogP contribution in [0.25, 0.3) is 0 Å². The van der Waals surface area contributed by atoms with Crippen molar-refractivity contribution in [2.45, 2.75) is 341 Å².